The summed E-state index contributed by atoms with van der Waals surface area (Å²) in [6.07, 6.45) is -3.31. The van der Waals surface area contributed by atoms with Crippen molar-refractivity contribution in [3.8, 4) is 5.75 Å². The molecule has 1 aromatic rings. The van der Waals surface area contributed by atoms with Gasteiger partial charge >= 0.3 is 6.18 Å². The maximum atomic E-state index is 12.5. The highest BCUT2D eigenvalue weighted by atomic mass is 19.4. The van der Waals surface area contributed by atoms with Gasteiger partial charge in [-0.15, -0.1) is 0 Å². The first-order valence-electron chi connectivity index (χ1n) is 5.33. The summed E-state index contributed by atoms with van der Waals surface area (Å²) >= 11 is 0. The Morgan fingerprint density at radius 2 is 1.88 bits per heavy atom. The number of ether oxygens (including phenoxy) is 1. The molecule has 2 rings (SSSR count). The van der Waals surface area contributed by atoms with Crippen LogP contribution in [0.2, 0.25) is 0 Å². The highest BCUT2D eigenvalue weighted by molar-refractivity contribution is 5.31. The summed E-state index contributed by atoms with van der Waals surface area (Å²) in [6.45, 7) is 0.976. The lowest BCUT2D eigenvalue weighted by molar-refractivity contribution is -0.141. The van der Waals surface area contributed by atoms with Crippen LogP contribution in [-0.4, -0.2) is 23.3 Å². The number of alkyl halides is 3. The van der Waals surface area contributed by atoms with Crippen LogP contribution < -0.4 is 0 Å². The van der Waals surface area contributed by atoms with Crippen molar-refractivity contribution < 1.29 is 23.0 Å². The van der Waals surface area contributed by atoms with Gasteiger partial charge in [-0.05, 0) is 25.0 Å². The minimum atomic E-state index is -4.48. The van der Waals surface area contributed by atoms with Crippen molar-refractivity contribution in [3.63, 3.8) is 0 Å². The van der Waals surface area contributed by atoms with E-state index in [-0.39, 0.29) is 17.4 Å². The van der Waals surface area contributed by atoms with Gasteiger partial charge in [0.25, 0.3) is 0 Å². The van der Waals surface area contributed by atoms with Crippen molar-refractivity contribution in [1.82, 2.24) is 4.98 Å². The highest BCUT2D eigenvalue weighted by Crippen LogP contribution is 2.35. The number of pyridine rings is 1. The molecule has 17 heavy (non-hydrogen) atoms. The van der Waals surface area contributed by atoms with Crippen LogP contribution in [0.3, 0.4) is 0 Å². The van der Waals surface area contributed by atoms with Gasteiger partial charge in [-0.3, -0.25) is 0 Å². The second-order valence-electron chi connectivity index (χ2n) is 3.99. The molecule has 1 aliphatic rings. The average Bonchev–Trinajstić information content (AvgIpc) is 2.29. The third-order valence-electron chi connectivity index (χ3n) is 2.80. The van der Waals surface area contributed by atoms with Crippen molar-refractivity contribution >= 4 is 0 Å². The minimum Gasteiger partial charge on any atom is -0.506 e. The van der Waals surface area contributed by atoms with Crippen molar-refractivity contribution in [3.05, 3.63) is 23.5 Å². The molecular formula is C11H12F3NO2. The first-order chi connectivity index (χ1) is 7.98. The van der Waals surface area contributed by atoms with Crippen molar-refractivity contribution in [2.24, 2.45) is 0 Å². The van der Waals surface area contributed by atoms with Crippen molar-refractivity contribution in [2.45, 2.75) is 24.9 Å². The number of aromatic nitrogens is 1. The van der Waals surface area contributed by atoms with E-state index in [4.69, 9.17) is 4.74 Å². The van der Waals surface area contributed by atoms with E-state index < -0.39 is 11.9 Å². The predicted octanol–water partition coefficient (Wildman–Crippen LogP) is 2.70. The van der Waals surface area contributed by atoms with Crippen LogP contribution in [0.5, 0.6) is 5.75 Å². The van der Waals surface area contributed by atoms with Gasteiger partial charge in [0.15, 0.2) is 0 Å². The molecule has 3 nitrogen and oxygen atoms in total. The smallest absolute Gasteiger partial charge is 0.433 e. The Morgan fingerprint density at radius 3 is 2.47 bits per heavy atom. The fourth-order valence-electron chi connectivity index (χ4n) is 1.90. The zero-order valence-electron chi connectivity index (χ0n) is 9.00. The zero-order valence-corrected chi connectivity index (χ0v) is 9.00. The van der Waals surface area contributed by atoms with Crippen LogP contribution >= 0.6 is 0 Å². The molecule has 1 aliphatic heterocycles. The van der Waals surface area contributed by atoms with Crippen LogP contribution in [0.1, 0.15) is 30.1 Å². The summed E-state index contributed by atoms with van der Waals surface area (Å²) < 4.78 is 42.6. The number of nitrogens with zero attached hydrogens (tertiary/aromatic N) is 1. The molecule has 0 amide bonds. The molecule has 2 heterocycles. The van der Waals surface area contributed by atoms with Crippen LogP contribution in [0, 0.1) is 0 Å². The molecule has 0 unspecified atom stereocenters. The summed E-state index contributed by atoms with van der Waals surface area (Å²) in [5, 5.41) is 9.58. The fourth-order valence-corrected chi connectivity index (χ4v) is 1.90. The van der Waals surface area contributed by atoms with E-state index in [0.717, 1.165) is 12.1 Å². The van der Waals surface area contributed by atoms with Crippen LogP contribution in [0.4, 0.5) is 13.2 Å². The topological polar surface area (TPSA) is 42.4 Å². The van der Waals surface area contributed by atoms with E-state index in [1.54, 1.807) is 0 Å². The molecule has 0 radical (unpaired) electrons. The molecular weight excluding hydrogens is 235 g/mol. The second-order valence-corrected chi connectivity index (χ2v) is 3.99. The van der Waals surface area contributed by atoms with Gasteiger partial charge in [0, 0.05) is 19.1 Å². The molecule has 0 aromatic carbocycles. The molecule has 0 atom stereocenters. The van der Waals surface area contributed by atoms with Crippen molar-refractivity contribution in [2.75, 3.05) is 13.2 Å². The number of hydrogen-bond acceptors (Lipinski definition) is 3. The first kappa shape index (κ1) is 12.2. The molecule has 94 valence electrons. The maximum Gasteiger partial charge on any atom is 0.433 e. The Hall–Kier alpha value is -1.30. The molecule has 0 bridgehead atoms. The van der Waals surface area contributed by atoms with E-state index in [1.807, 2.05) is 0 Å². The second kappa shape index (κ2) is 4.52. The molecule has 1 N–H and O–H groups in total. The zero-order chi connectivity index (χ0) is 12.5. The van der Waals surface area contributed by atoms with Gasteiger partial charge in [-0.25, -0.2) is 4.98 Å². The normalized spacial score (nSPS) is 18.3. The lowest BCUT2D eigenvalue weighted by atomic mass is 9.95. The third kappa shape index (κ3) is 2.69. The molecule has 0 spiro atoms. The summed E-state index contributed by atoms with van der Waals surface area (Å²) in [6, 6.07) is 1.85. The van der Waals surface area contributed by atoms with Crippen LogP contribution in [0.25, 0.3) is 0 Å². The van der Waals surface area contributed by atoms with Gasteiger partial charge in [-0.2, -0.15) is 13.2 Å². The summed E-state index contributed by atoms with van der Waals surface area (Å²) in [4.78, 5) is 3.54. The minimum absolute atomic E-state index is 0.128. The van der Waals surface area contributed by atoms with Gasteiger partial charge in [-0.1, -0.05) is 0 Å². The average molecular weight is 247 g/mol. The quantitative estimate of drug-likeness (QED) is 0.829. The third-order valence-corrected chi connectivity index (χ3v) is 2.80. The Kier molecular flexibility index (Phi) is 3.24. The molecule has 0 saturated carbocycles. The van der Waals surface area contributed by atoms with Gasteiger partial charge < -0.3 is 9.84 Å². The number of aromatic hydroxyl groups is 1. The fraction of sp³-hybridized carbons (Fsp3) is 0.545. The molecule has 0 aliphatic carbocycles. The SMILES string of the molecule is Oc1ccc(C(F)(F)F)nc1C1CCOCC1. The number of halogens is 3. The Balaban J connectivity index is 2.31. The van der Waals surface area contributed by atoms with Crippen molar-refractivity contribution in [1.29, 1.82) is 0 Å². The lowest BCUT2D eigenvalue weighted by Gasteiger charge is -2.22. The summed E-state index contributed by atoms with van der Waals surface area (Å²) in [5.74, 6) is -0.337. The molecule has 1 fully saturated rings. The maximum absolute atomic E-state index is 12.5. The van der Waals surface area contributed by atoms with Gasteiger partial charge in [0.1, 0.15) is 11.4 Å². The predicted molar refractivity (Wildman–Crippen MR) is 53.7 cm³/mol. The summed E-state index contributed by atoms with van der Waals surface area (Å²) in [7, 11) is 0. The number of hydrogen-bond donors (Lipinski definition) is 1. The molecule has 1 aromatic heterocycles. The largest absolute Gasteiger partial charge is 0.506 e. The van der Waals surface area contributed by atoms with E-state index in [2.05, 4.69) is 4.98 Å². The van der Waals surface area contributed by atoms with Gasteiger partial charge in [0.05, 0.1) is 5.69 Å². The molecule has 1 saturated heterocycles. The number of rotatable bonds is 1. The Morgan fingerprint density at radius 1 is 1.24 bits per heavy atom. The van der Waals surface area contributed by atoms with E-state index in [0.29, 0.717) is 26.1 Å². The van der Waals surface area contributed by atoms with Gasteiger partial charge in [0.2, 0.25) is 0 Å². The van der Waals surface area contributed by atoms with Crippen LogP contribution in [-0.2, 0) is 10.9 Å². The van der Waals surface area contributed by atoms with E-state index in [9.17, 15) is 18.3 Å². The lowest BCUT2D eigenvalue weighted by Crippen LogP contribution is -2.17. The van der Waals surface area contributed by atoms with E-state index in [1.165, 1.54) is 0 Å². The monoisotopic (exact) mass is 247 g/mol. The summed E-state index contributed by atoms with van der Waals surface area (Å²) in [5.41, 5.74) is -0.833. The first-order valence-corrected chi connectivity index (χ1v) is 5.33. The molecule has 6 heteroatoms. The van der Waals surface area contributed by atoms with E-state index >= 15 is 0 Å². The van der Waals surface area contributed by atoms with Crippen LogP contribution in [0.15, 0.2) is 12.1 Å². The highest BCUT2D eigenvalue weighted by Gasteiger charge is 2.34. The Labute approximate surface area is 96.2 Å². The standard InChI is InChI=1S/C11H12F3NO2/c12-11(13,14)9-2-1-8(16)10(15-9)7-3-5-17-6-4-7/h1-2,7,16H,3-6H2. The Bertz CT molecular complexity index is 400.